The van der Waals surface area contributed by atoms with Gasteiger partial charge in [-0.1, -0.05) is 24.3 Å². The van der Waals surface area contributed by atoms with Crippen molar-refractivity contribution in [1.29, 1.82) is 0 Å². The highest BCUT2D eigenvalue weighted by atomic mass is 31.2. The fourth-order valence-corrected chi connectivity index (χ4v) is 5.84. The molecule has 3 atom stereocenters. The van der Waals surface area contributed by atoms with Crippen LogP contribution in [0.5, 0.6) is 0 Å². The Kier molecular flexibility index (Phi) is 4.76. The molecule has 0 aliphatic carbocycles. The van der Waals surface area contributed by atoms with Crippen molar-refractivity contribution in [3.05, 3.63) is 80.1 Å². The largest absolute Gasteiger partial charge is 0.344 e. The van der Waals surface area contributed by atoms with Crippen molar-refractivity contribution in [3.8, 4) is 0 Å². The van der Waals surface area contributed by atoms with Crippen LogP contribution in [0.1, 0.15) is 22.9 Å². The molecule has 0 saturated heterocycles. The van der Waals surface area contributed by atoms with E-state index in [1.165, 1.54) is 22.4 Å². The lowest BCUT2D eigenvalue weighted by Crippen LogP contribution is -2.32. The van der Waals surface area contributed by atoms with Crippen LogP contribution in [0.25, 0.3) is 0 Å². The Balaban J connectivity index is 1.40. The Morgan fingerprint density at radius 3 is 2.96 bits per heavy atom. The van der Waals surface area contributed by atoms with Crippen LogP contribution in [0, 0.1) is 6.92 Å². The maximum atomic E-state index is 13.2. The summed E-state index contributed by atoms with van der Waals surface area (Å²) in [6.07, 6.45) is 5.64. The number of rotatable bonds is 4. The first kappa shape index (κ1) is 18.2. The van der Waals surface area contributed by atoms with Gasteiger partial charge < -0.3 is 9.26 Å². The summed E-state index contributed by atoms with van der Waals surface area (Å²) in [5.74, 6) is 0. The Bertz CT molecular complexity index is 1050. The van der Waals surface area contributed by atoms with E-state index in [9.17, 15) is 14.2 Å². The minimum absolute atomic E-state index is 0.170. The molecule has 0 saturated carbocycles. The molecule has 7 nitrogen and oxygen atoms in total. The lowest BCUT2D eigenvalue weighted by Gasteiger charge is -2.27. The molecule has 8 heteroatoms. The number of ether oxygens (including phenoxy) is 1. The van der Waals surface area contributed by atoms with Gasteiger partial charge in [-0.3, -0.25) is 18.9 Å². The molecule has 2 aliphatic rings. The van der Waals surface area contributed by atoms with Gasteiger partial charge in [-0.2, -0.15) is 0 Å². The molecule has 4 rings (SSSR count). The van der Waals surface area contributed by atoms with E-state index in [1.54, 1.807) is 12.2 Å². The normalized spacial score (nSPS) is 26.9. The minimum atomic E-state index is -2.76. The van der Waals surface area contributed by atoms with Gasteiger partial charge in [0.1, 0.15) is 6.10 Å². The first-order chi connectivity index (χ1) is 12.9. The standard InChI is InChI=1S/C19H21N2O5P/c1-13-3-2-4-14-8-10-27(24,12-16(13)14)25-11-15-5-6-18(26-15)21-9-7-17(22)20-19(21)23/h2-7,9,15,18H,8,10-12H2,1H3,(H,20,22,23)/t15-,18+,27?/m0/s1. The molecular weight excluding hydrogens is 367 g/mol. The molecule has 27 heavy (non-hydrogen) atoms. The minimum Gasteiger partial charge on any atom is -0.344 e. The molecule has 142 valence electrons. The Morgan fingerprint density at radius 1 is 1.30 bits per heavy atom. The smallest absolute Gasteiger partial charge is 0.330 e. The van der Waals surface area contributed by atoms with Crippen LogP contribution in [0.15, 0.2) is 52.2 Å². The van der Waals surface area contributed by atoms with Crippen molar-refractivity contribution >= 4 is 7.37 Å². The average molecular weight is 388 g/mol. The second-order valence-electron chi connectivity index (χ2n) is 6.92. The molecule has 2 aliphatic heterocycles. The first-order valence-corrected chi connectivity index (χ1v) is 10.9. The fourth-order valence-electron chi connectivity index (χ4n) is 3.52. The summed E-state index contributed by atoms with van der Waals surface area (Å²) >= 11 is 0. The van der Waals surface area contributed by atoms with Gasteiger partial charge in [0.15, 0.2) is 6.23 Å². The van der Waals surface area contributed by atoms with Gasteiger partial charge in [-0.15, -0.1) is 0 Å². The number of hydrogen-bond acceptors (Lipinski definition) is 5. The molecule has 0 radical (unpaired) electrons. The molecule has 0 spiro atoms. The van der Waals surface area contributed by atoms with Crippen molar-refractivity contribution in [2.24, 2.45) is 0 Å². The highest BCUT2D eigenvalue weighted by molar-refractivity contribution is 7.58. The summed E-state index contributed by atoms with van der Waals surface area (Å²) in [5, 5.41) is 0. The molecule has 1 unspecified atom stereocenters. The Hall–Kier alpha value is -2.21. The number of H-pyrrole nitrogens is 1. The third kappa shape index (κ3) is 3.76. The third-order valence-electron chi connectivity index (χ3n) is 5.03. The van der Waals surface area contributed by atoms with E-state index < -0.39 is 30.9 Å². The highest BCUT2D eigenvalue weighted by Gasteiger charge is 2.32. The molecule has 0 amide bonds. The van der Waals surface area contributed by atoms with Crippen molar-refractivity contribution in [1.82, 2.24) is 9.55 Å². The van der Waals surface area contributed by atoms with Gasteiger partial charge >= 0.3 is 5.69 Å². The lowest BCUT2D eigenvalue weighted by atomic mass is 10.0. The number of aromatic amines is 1. The molecular formula is C19H21N2O5P. The van der Waals surface area contributed by atoms with E-state index in [-0.39, 0.29) is 6.61 Å². The fraction of sp³-hybridized carbons (Fsp3) is 0.368. The molecule has 0 bridgehead atoms. The quantitative estimate of drug-likeness (QED) is 0.641. The number of benzene rings is 1. The van der Waals surface area contributed by atoms with Gasteiger partial charge in [0.2, 0.25) is 7.37 Å². The van der Waals surface area contributed by atoms with E-state index >= 15 is 0 Å². The zero-order valence-electron chi connectivity index (χ0n) is 15.0. The van der Waals surface area contributed by atoms with Crippen LogP contribution in [0.3, 0.4) is 0 Å². The second-order valence-corrected chi connectivity index (χ2v) is 9.57. The topological polar surface area (TPSA) is 90.4 Å². The third-order valence-corrected chi connectivity index (χ3v) is 7.35. The van der Waals surface area contributed by atoms with Crippen LogP contribution in [0.2, 0.25) is 0 Å². The van der Waals surface area contributed by atoms with Crippen molar-refractivity contribution in [2.75, 3.05) is 12.8 Å². The molecule has 3 heterocycles. The first-order valence-electron chi connectivity index (χ1n) is 8.89. The van der Waals surface area contributed by atoms with Crippen LogP contribution in [0.4, 0.5) is 0 Å². The maximum Gasteiger partial charge on any atom is 0.330 e. The monoisotopic (exact) mass is 388 g/mol. The zero-order valence-corrected chi connectivity index (χ0v) is 15.9. The van der Waals surface area contributed by atoms with Gasteiger partial charge in [0, 0.05) is 18.4 Å². The van der Waals surface area contributed by atoms with E-state index in [0.29, 0.717) is 12.3 Å². The van der Waals surface area contributed by atoms with Gasteiger partial charge in [0.05, 0.1) is 12.8 Å². The predicted octanol–water partition coefficient (Wildman–Crippen LogP) is 2.35. The van der Waals surface area contributed by atoms with E-state index in [1.807, 2.05) is 19.1 Å². The van der Waals surface area contributed by atoms with Gasteiger partial charge in [-0.05, 0) is 36.1 Å². The van der Waals surface area contributed by atoms with Crippen LogP contribution in [-0.4, -0.2) is 28.4 Å². The highest BCUT2D eigenvalue weighted by Crippen LogP contribution is 2.54. The number of aromatic nitrogens is 2. The zero-order chi connectivity index (χ0) is 19.0. The number of nitrogens with one attached hydrogen (secondary N) is 1. The van der Waals surface area contributed by atoms with Crippen LogP contribution >= 0.6 is 7.37 Å². The SMILES string of the molecule is Cc1cccc2c1CP(=O)(OC[C@@H]1C=C[C@H](n3ccc(=O)[nH]c3=O)O1)CC2. The molecule has 1 aromatic heterocycles. The van der Waals surface area contributed by atoms with E-state index in [2.05, 4.69) is 11.1 Å². The molecule has 0 fully saturated rings. The molecule has 1 N–H and O–H groups in total. The van der Waals surface area contributed by atoms with Gasteiger partial charge in [0.25, 0.3) is 5.56 Å². The van der Waals surface area contributed by atoms with Crippen LogP contribution < -0.4 is 11.2 Å². The Morgan fingerprint density at radius 2 is 2.15 bits per heavy atom. The summed E-state index contributed by atoms with van der Waals surface area (Å²) in [6, 6.07) is 7.41. The van der Waals surface area contributed by atoms with Crippen molar-refractivity contribution in [2.45, 2.75) is 31.8 Å². The number of hydrogen-bond donors (Lipinski definition) is 1. The second kappa shape index (κ2) is 7.08. The van der Waals surface area contributed by atoms with Crippen molar-refractivity contribution in [3.63, 3.8) is 0 Å². The van der Waals surface area contributed by atoms with E-state index in [4.69, 9.17) is 9.26 Å². The lowest BCUT2D eigenvalue weighted by molar-refractivity contribution is -0.00508. The summed E-state index contributed by atoms with van der Waals surface area (Å²) in [5.41, 5.74) is 2.53. The summed E-state index contributed by atoms with van der Waals surface area (Å²) < 4.78 is 26.1. The number of nitrogens with zero attached hydrogens (tertiary/aromatic N) is 1. The molecule has 1 aromatic carbocycles. The number of aryl methyl sites for hydroxylation is 2. The maximum absolute atomic E-state index is 13.2. The summed E-state index contributed by atoms with van der Waals surface area (Å²) in [4.78, 5) is 25.2. The molecule has 2 aromatic rings. The predicted molar refractivity (Wildman–Crippen MR) is 101 cm³/mol. The summed E-state index contributed by atoms with van der Waals surface area (Å²) in [6.45, 7) is 2.20. The number of fused-ring (bicyclic) bond motifs is 1. The summed E-state index contributed by atoms with van der Waals surface area (Å²) in [7, 11) is -2.76. The van der Waals surface area contributed by atoms with Crippen molar-refractivity contribution < 1.29 is 13.8 Å². The van der Waals surface area contributed by atoms with Gasteiger partial charge in [-0.25, -0.2) is 4.79 Å². The average Bonchev–Trinajstić information content (AvgIpc) is 3.10. The van der Waals surface area contributed by atoms with Crippen LogP contribution in [-0.2, 0) is 26.4 Å². The Labute approximate surface area is 156 Å². The van der Waals surface area contributed by atoms with E-state index in [0.717, 1.165) is 17.5 Å².